The summed E-state index contributed by atoms with van der Waals surface area (Å²) in [4.78, 5) is 12.9. The first-order chi connectivity index (χ1) is 8.85. The van der Waals surface area contributed by atoms with Gasteiger partial charge < -0.3 is 5.32 Å². The molecule has 0 amide bonds. The van der Waals surface area contributed by atoms with Crippen LogP contribution in [0.5, 0.6) is 0 Å². The molecule has 2 aromatic rings. The lowest BCUT2D eigenvalue weighted by Crippen LogP contribution is -2.02. The number of pyridine rings is 1. The maximum atomic E-state index is 4.37. The average Bonchev–Trinajstić information content (AvgIpc) is 2.42. The van der Waals surface area contributed by atoms with Gasteiger partial charge in [-0.25, -0.2) is 15.0 Å². The van der Waals surface area contributed by atoms with E-state index in [2.05, 4.69) is 27.2 Å². The summed E-state index contributed by atoms with van der Waals surface area (Å²) >= 11 is 1.58. The Morgan fingerprint density at radius 1 is 1.22 bits per heavy atom. The highest BCUT2D eigenvalue weighted by Gasteiger charge is 2.11. The standard InChI is InChI=1S/C13H16N4S/c1-3-6-10-12(14-2)16-9-17-13(10)18-11-7-4-5-8-15-11/h4-5,7-9H,3,6H2,1-2H3,(H,14,16,17). The fourth-order valence-electron chi connectivity index (χ4n) is 1.68. The molecular weight excluding hydrogens is 244 g/mol. The Hall–Kier alpha value is -1.62. The summed E-state index contributed by atoms with van der Waals surface area (Å²) in [5.74, 6) is 0.908. The van der Waals surface area contributed by atoms with E-state index in [1.807, 2.05) is 25.2 Å². The minimum Gasteiger partial charge on any atom is -0.373 e. The van der Waals surface area contributed by atoms with Gasteiger partial charge >= 0.3 is 0 Å². The molecule has 0 aliphatic rings. The van der Waals surface area contributed by atoms with E-state index in [0.717, 1.165) is 34.3 Å². The van der Waals surface area contributed by atoms with Gasteiger partial charge in [-0.2, -0.15) is 0 Å². The molecule has 0 fully saturated rings. The second-order valence-electron chi connectivity index (χ2n) is 3.78. The quantitative estimate of drug-likeness (QED) is 0.837. The van der Waals surface area contributed by atoms with E-state index in [0.29, 0.717) is 0 Å². The van der Waals surface area contributed by atoms with Crippen LogP contribution >= 0.6 is 11.8 Å². The number of hydrogen-bond donors (Lipinski definition) is 1. The Kier molecular flexibility index (Phi) is 4.52. The van der Waals surface area contributed by atoms with Crippen LogP contribution in [0.4, 0.5) is 5.82 Å². The topological polar surface area (TPSA) is 50.7 Å². The fraction of sp³-hybridized carbons (Fsp3) is 0.308. The van der Waals surface area contributed by atoms with Crippen molar-refractivity contribution in [2.75, 3.05) is 12.4 Å². The van der Waals surface area contributed by atoms with E-state index in [9.17, 15) is 0 Å². The largest absolute Gasteiger partial charge is 0.373 e. The second kappa shape index (κ2) is 6.35. The van der Waals surface area contributed by atoms with E-state index >= 15 is 0 Å². The molecule has 18 heavy (non-hydrogen) atoms. The lowest BCUT2D eigenvalue weighted by atomic mass is 10.2. The van der Waals surface area contributed by atoms with Crippen LogP contribution in [0.2, 0.25) is 0 Å². The zero-order valence-corrected chi connectivity index (χ0v) is 11.4. The van der Waals surface area contributed by atoms with Crippen LogP contribution < -0.4 is 5.32 Å². The minimum atomic E-state index is 0.908. The molecule has 2 rings (SSSR count). The average molecular weight is 260 g/mol. The number of anilines is 1. The Balaban J connectivity index is 2.32. The van der Waals surface area contributed by atoms with Crippen LogP contribution in [0.15, 0.2) is 40.8 Å². The monoisotopic (exact) mass is 260 g/mol. The Morgan fingerprint density at radius 2 is 2.11 bits per heavy atom. The van der Waals surface area contributed by atoms with E-state index in [1.54, 1.807) is 24.3 Å². The van der Waals surface area contributed by atoms with Crippen LogP contribution in [0.3, 0.4) is 0 Å². The lowest BCUT2D eigenvalue weighted by molar-refractivity contribution is 0.857. The number of rotatable bonds is 5. The molecule has 0 unspecified atom stereocenters. The molecular formula is C13H16N4S. The van der Waals surface area contributed by atoms with Gasteiger partial charge in [0.15, 0.2) is 0 Å². The van der Waals surface area contributed by atoms with Crippen molar-refractivity contribution in [2.45, 2.75) is 29.8 Å². The first-order valence-corrected chi connectivity index (χ1v) is 6.77. The Bertz CT molecular complexity index is 502. The molecule has 94 valence electrons. The van der Waals surface area contributed by atoms with Crippen LogP contribution in [-0.4, -0.2) is 22.0 Å². The molecule has 4 nitrogen and oxygen atoms in total. The Morgan fingerprint density at radius 3 is 2.78 bits per heavy atom. The summed E-state index contributed by atoms with van der Waals surface area (Å²) in [6.07, 6.45) is 5.42. The van der Waals surface area contributed by atoms with Crippen LogP contribution in [-0.2, 0) is 6.42 Å². The predicted molar refractivity (Wildman–Crippen MR) is 73.9 cm³/mol. The maximum absolute atomic E-state index is 4.37. The molecule has 2 aromatic heterocycles. The van der Waals surface area contributed by atoms with Gasteiger partial charge in [0.05, 0.1) is 0 Å². The van der Waals surface area contributed by atoms with Gasteiger partial charge in [-0.05, 0) is 30.3 Å². The van der Waals surface area contributed by atoms with Crippen molar-refractivity contribution in [3.05, 3.63) is 36.3 Å². The van der Waals surface area contributed by atoms with Gasteiger partial charge in [-0.3, -0.25) is 0 Å². The molecule has 0 bridgehead atoms. The fourth-order valence-corrected chi connectivity index (χ4v) is 2.56. The van der Waals surface area contributed by atoms with E-state index < -0.39 is 0 Å². The van der Waals surface area contributed by atoms with Crippen molar-refractivity contribution in [3.8, 4) is 0 Å². The summed E-state index contributed by atoms with van der Waals surface area (Å²) in [5, 5.41) is 5.06. The van der Waals surface area contributed by atoms with Gasteiger partial charge in [0, 0.05) is 18.8 Å². The molecule has 0 saturated carbocycles. The first kappa shape index (κ1) is 12.8. The van der Waals surface area contributed by atoms with Gasteiger partial charge in [-0.15, -0.1) is 0 Å². The van der Waals surface area contributed by atoms with E-state index in [4.69, 9.17) is 0 Å². The zero-order chi connectivity index (χ0) is 12.8. The van der Waals surface area contributed by atoms with Crippen molar-refractivity contribution in [1.29, 1.82) is 0 Å². The predicted octanol–water partition coefficient (Wildman–Crippen LogP) is 3.02. The van der Waals surface area contributed by atoms with Crippen molar-refractivity contribution in [3.63, 3.8) is 0 Å². The number of aromatic nitrogens is 3. The third-order valence-electron chi connectivity index (χ3n) is 2.48. The highest BCUT2D eigenvalue weighted by atomic mass is 32.2. The minimum absolute atomic E-state index is 0.908. The summed E-state index contributed by atoms with van der Waals surface area (Å²) in [6, 6.07) is 5.88. The Labute approximate surface area is 111 Å². The van der Waals surface area contributed by atoms with Gasteiger partial charge in [-0.1, -0.05) is 19.4 Å². The summed E-state index contributed by atoms with van der Waals surface area (Å²) in [7, 11) is 1.89. The third-order valence-corrected chi connectivity index (χ3v) is 3.48. The highest BCUT2D eigenvalue weighted by molar-refractivity contribution is 7.99. The van der Waals surface area contributed by atoms with Crippen molar-refractivity contribution < 1.29 is 0 Å². The first-order valence-electron chi connectivity index (χ1n) is 5.95. The van der Waals surface area contributed by atoms with Crippen molar-refractivity contribution >= 4 is 17.6 Å². The zero-order valence-electron chi connectivity index (χ0n) is 10.6. The van der Waals surface area contributed by atoms with Crippen molar-refractivity contribution in [1.82, 2.24) is 15.0 Å². The molecule has 0 radical (unpaired) electrons. The SMILES string of the molecule is CCCc1c(NC)ncnc1Sc1ccccn1. The number of nitrogens with one attached hydrogen (secondary N) is 1. The molecule has 0 aromatic carbocycles. The summed E-state index contributed by atoms with van der Waals surface area (Å²) in [6.45, 7) is 2.15. The molecule has 0 atom stereocenters. The van der Waals surface area contributed by atoms with Gasteiger partial charge in [0.2, 0.25) is 0 Å². The lowest BCUT2D eigenvalue weighted by Gasteiger charge is -2.10. The molecule has 0 aliphatic carbocycles. The molecule has 1 N–H and O–H groups in total. The molecule has 0 saturated heterocycles. The van der Waals surface area contributed by atoms with E-state index in [-0.39, 0.29) is 0 Å². The highest BCUT2D eigenvalue weighted by Crippen LogP contribution is 2.30. The smallest absolute Gasteiger partial charge is 0.133 e. The number of hydrogen-bond acceptors (Lipinski definition) is 5. The van der Waals surface area contributed by atoms with Crippen LogP contribution in [0, 0.1) is 0 Å². The number of nitrogens with zero attached hydrogens (tertiary/aromatic N) is 3. The second-order valence-corrected chi connectivity index (χ2v) is 4.79. The molecule has 0 spiro atoms. The maximum Gasteiger partial charge on any atom is 0.133 e. The third kappa shape index (κ3) is 2.98. The summed E-state index contributed by atoms with van der Waals surface area (Å²) in [5.41, 5.74) is 1.16. The molecule has 0 aliphatic heterocycles. The van der Waals surface area contributed by atoms with E-state index in [1.165, 1.54) is 0 Å². The molecule has 5 heteroatoms. The van der Waals surface area contributed by atoms with Crippen LogP contribution in [0.1, 0.15) is 18.9 Å². The molecule has 2 heterocycles. The summed E-state index contributed by atoms with van der Waals surface area (Å²) < 4.78 is 0. The van der Waals surface area contributed by atoms with Gasteiger partial charge in [0.1, 0.15) is 22.2 Å². The van der Waals surface area contributed by atoms with Crippen molar-refractivity contribution in [2.24, 2.45) is 0 Å². The normalized spacial score (nSPS) is 10.3. The van der Waals surface area contributed by atoms with Gasteiger partial charge in [0.25, 0.3) is 0 Å². The van der Waals surface area contributed by atoms with Crippen LogP contribution in [0.25, 0.3) is 0 Å².